The summed E-state index contributed by atoms with van der Waals surface area (Å²) in [5.41, 5.74) is 3.60. The average Bonchev–Trinajstić information content (AvgIpc) is 3.32. The van der Waals surface area contributed by atoms with Crippen LogP contribution in [0.5, 0.6) is 0 Å². The van der Waals surface area contributed by atoms with E-state index < -0.39 is 0 Å². The number of amides is 3. The Bertz CT molecular complexity index is 1050. The first-order valence-corrected chi connectivity index (χ1v) is 11.0. The normalized spacial score (nSPS) is 10.7. The predicted octanol–water partition coefficient (Wildman–Crippen LogP) is 4.97. The molecule has 1 heterocycles. The Labute approximate surface area is 195 Å². The second kappa shape index (κ2) is 11.2. The van der Waals surface area contributed by atoms with Crippen molar-refractivity contribution < 1.29 is 14.0 Å². The summed E-state index contributed by atoms with van der Waals surface area (Å²) in [6, 6.07) is 18.6. The number of hydrogen-bond donors (Lipinski definition) is 2. The smallest absolute Gasteiger partial charge is 0.319 e. The van der Waals surface area contributed by atoms with Crippen molar-refractivity contribution in [2.24, 2.45) is 5.92 Å². The first-order chi connectivity index (χ1) is 15.8. The Kier molecular flexibility index (Phi) is 8.13. The highest BCUT2D eigenvalue weighted by atomic mass is 16.3. The van der Waals surface area contributed by atoms with Crippen LogP contribution in [0.15, 0.2) is 71.3 Å². The summed E-state index contributed by atoms with van der Waals surface area (Å²) >= 11 is 0. The van der Waals surface area contributed by atoms with Crippen LogP contribution in [0.2, 0.25) is 0 Å². The molecule has 1 aromatic heterocycles. The van der Waals surface area contributed by atoms with Crippen molar-refractivity contribution in [3.05, 3.63) is 83.8 Å². The molecule has 0 aliphatic carbocycles. The number of benzene rings is 2. The molecule has 0 aliphatic heterocycles. The van der Waals surface area contributed by atoms with Crippen molar-refractivity contribution in [1.29, 1.82) is 0 Å². The van der Waals surface area contributed by atoms with Gasteiger partial charge >= 0.3 is 6.03 Å². The summed E-state index contributed by atoms with van der Waals surface area (Å²) < 4.78 is 5.35. The number of furan rings is 1. The average molecular weight is 449 g/mol. The van der Waals surface area contributed by atoms with Crippen LogP contribution in [-0.2, 0) is 13.1 Å². The maximum atomic E-state index is 13.0. The lowest BCUT2D eigenvalue weighted by Crippen LogP contribution is -2.34. The standard InChI is InChI=1S/C26H32N4O3/c1-19(2)17-30(25(31)24-11-8-14-33-24)18-21-15-22(12-13-23(21)29(3)4)28-26(32)27-16-20-9-6-5-7-10-20/h5-15,19H,16-18H2,1-4H3,(H2,27,28,32). The highest BCUT2D eigenvalue weighted by molar-refractivity contribution is 5.92. The van der Waals surface area contributed by atoms with E-state index in [1.54, 1.807) is 17.0 Å². The van der Waals surface area contributed by atoms with Crippen molar-refractivity contribution in [2.75, 3.05) is 30.9 Å². The van der Waals surface area contributed by atoms with Crippen LogP contribution in [-0.4, -0.2) is 37.5 Å². The molecule has 0 spiro atoms. The second-order valence-corrected chi connectivity index (χ2v) is 8.59. The molecule has 0 saturated heterocycles. The molecule has 2 N–H and O–H groups in total. The molecule has 0 atom stereocenters. The summed E-state index contributed by atoms with van der Waals surface area (Å²) in [7, 11) is 3.92. The number of carbonyl (C=O) groups excluding carboxylic acids is 2. The largest absolute Gasteiger partial charge is 0.459 e. The molecule has 0 aliphatic rings. The summed E-state index contributed by atoms with van der Waals surface area (Å²) in [6.07, 6.45) is 1.50. The SMILES string of the molecule is CC(C)CN(Cc1cc(NC(=O)NCc2ccccc2)ccc1N(C)C)C(=O)c1ccco1. The number of nitrogens with one attached hydrogen (secondary N) is 2. The first kappa shape index (κ1) is 23.9. The molecule has 7 nitrogen and oxygen atoms in total. The van der Waals surface area contributed by atoms with Crippen molar-refractivity contribution in [1.82, 2.24) is 10.2 Å². The maximum absolute atomic E-state index is 13.0. The van der Waals surface area contributed by atoms with Crippen LogP contribution in [0.3, 0.4) is 0 Å². The van der Waals surface area contributed by atoms with Gasteiger partial charge in [-0.25, -0.2) is 4.79 Å². The Morgan fingerprint density at radius 2 is 1.76 bits per heavy atom. The number of nitrogens with zero attached hydrogens (tertiary/aromatic N) is 2. The zero-order valence-electron chi connectivity index (χ0n) is 19.7. The molecule has 33 heavy (non-hydrogen) atoms. The van der Waals surface area contributed by atoms with E-state index in [4.69, 9.17) is 4.42 Å². The molecule has 3 rings (SSSR count). The van der Waals surface area contributed by atoms with Gasteiger partial charge in [0, 0.05) is 45.1 Å². The number of anilines is 2. The first-order valence-electron chi connectivity index (χ1n) is 11.0. The van der Waals surface area contributed by atoms with Crippen molar-refractivity contribution in [3.63, 3.8) is 0 Å². The van der Waals surface area contributed by atoms with Gasteiger partial charge in [-0.2, -0.15) is 0 Å². The molecule has 2 aromatic carbocycles. The fraction of sp³-hybridized carbons (Fsp3) is 0.308. The van der Waals surface area contributed by atoms with E-state index >= 15 is 0 Å². The van der Waals surface area contributed by atoms with Crippen molar-refractivity contribution in [3.8, 4) is 0 Å². The van der Waals surface area contributed by atoms with Crippen LogP contribution in [0.4, 0.5) is 16.2 Å². The zero-order valence-corrected chi connectivity index (χ0v) is 19.7. The fourth-order valence-electron chi connectivity index (χ4n) is 3.60. The maximum Gasteiger partial charge on any atom is 0.319 e. The van der Waals surface area contributed by atoms with E-state index in [9.17, 15) is 9.59 Å². The third-order valence-corrected chi connectivity index (χ3v) is 5.08. The number of urea groups is 1. The van der Waals surface area contributed by atoms with Crippen molar-refractivity contribution >= 4 is 23.3 Å². The van der Waals surface area contributed by atoms with Crippen LogP contribution < -0.4 is 15.5 Å². The van der Waals surface area contributed by atoms with Crippen LogP contribution in [0.25, 0.3) is 0 Å². The Hall–Kier alpha value is -3.74. The third kappa shape index (κ3) is 6.87. The van der Waals surface area contributed by atoms with E-state index in [0.29, 0.717) is 31.1 Å². The Balaban J connectivity index is 1.76. The summed E-state index contributed by atoms with van der Waals surface area (Å²) in [4.78, 5) is 29.3. The van der Waals surface area contributed by atoms with E-state index in [1.165, 1.54) is 6.26 Å². The molecule has 3 amide bonds. The van der Waals surface area contributed by atoms with E-state index in [1.807, 2.05) is 67.5 Å². The van der Waals surface area contributed by atoms with Crippen molar-refractivity contribution in [2.45, 2.75) is 26.9 Å². The van der Waals surface area contributed by atoms with Gasteiger partial charge in [0.1, 0.15) is 0 Å². The molecule has 0 fully saturated rings. The van der Waals surface area contributed by atoms with E-state index in [0.717, 1.165) is 16.8 Å². The van der Waals surface area contributed by atoms with Gasteiger partial charge in [0.05, 0.1) is 6.26 Å². The molecular weight excluding hydrogens is 416 g/mol. The molecule has 0 radical (unpaired) electrons. The highest BCUT2D eigenvalue weighted by Crippen LogP contribution is 2.25. The molecular formula is C26H32N4O3. The summed E-state index contributed by atoms with van der Waals surface area (Å²) in [5, 5.41) is 5.77. The summed E-state index contributed by atoms with van der Waals surface area (Å²) in [5.74, 6) is 0.450. The van der Waals surface area contributed by atoms with Gasteiger partial charge in [0.15, 0.2) is 5.76 Å². The molecule has 0 unspecified atom stereocenters. The number of carbonyl (C=O) groups is 2. The second-order valence-electron chi connectivity index (χ2n) is 8.59. The molecule has 174 valence electrons. The van der Waals surface area contributed by atoms with Crippen LogP contribution in [0.1, 0.15) is 35.5 Å². The van der Waals surface area contributed by atoms with Gasteiger partial charge in [-0.3, -0.25) is 4.79 Å². The minimum Gasteiger partial charge on any atom is -0.459 e. The van der Waals surface area contributed by atoms with E-state index in [-0.39, 0.29) is 17.9 Å². The lowest BCUT2D eigenvalue weighted by molar-refractivity contribution is 0.0690. The van der Waals surface area contributed by atoms with Gasteiger partial charge in [-0.1, -0.05) is 44.2 Å². The minimum atomic E-state index is -0.284. The summed E-state index contributed by atoms with van der Waals surface area (Å²) in [6.45, 7) is 5.57. The highest BCUT2D eigenvalue weighted by Gasteiger charge is 2.21. The van der Waals surface area contributed by atoms with Crippen LogP contribution >= 0.6 is 0 Å². The molecule has 0 saturated carbocycles. The quantitative estimate of drug-likeness (QED) is 0.485. The monoisotopic (exact) mass is 448 g/mol. The third-order valence-electron chi connectivity index (χ3n) is 5.08. The molecule has 0 bridgehead atoms. The lowest BCUT2D eigenvalue weighted by Gasteiger charge is -2.27. The zero-order chi connectivity index (χ0) is 23.8. The van der Waals surface area contributed by atoms with Gasteiger partial charge in [-0.15, -0.1) is 0 Å². The van der Waals surface area contributed by atoms with Gasteiger partial charge in [-0.05, 0) is 47.4 Å². The van der Waals surface area contributed by atoms with Gasteiger partial charge in [0.2, 0.25) is 0 Å². The number of hydrogen-bond acceptors (Lipinski definition) is 4. The van der Waals surface area contributed by atoms with Crippen LogP contribution in [0, 0.1) is 5.92 Å². The van der Waals surface area contributed by atoms with Gasteiger partial charge < -0.3 is 24.9 Å². The Morgan fingerprint density at radius 3 is 2.39 bits per heavy atom. The number of rotatable bonds is 9. The topological polar surface area (TPSA) is 77.8 Å². The predicted molar refractivity (Wildman–Crippen MR) is 131 cm³/mol. The van der Waals surface area contributed by atoms with E-state index in [2.05, 4.69) is 24.5 Å². The fourth-order valence-corrected chi connectivity index (χ4v) is 3.60. The molecule has 3 aromatic rings. The van der Waals surface area contributed by atoms with Gasteiger partial charge in [0.25, 0.3) is 5.91 Å². The minimum absolute atomic E-state index is 0.155. The molecule has 7 heteroatoms. The lowest BCUT2D eigenvalue weighted by atomic mass is 10.1. The Morgan fingerprint density at radius 1 is 1.00 bits per heavy atom.